The highest BCUT2D eigenvalue weighted by atomic mass is 32.2. The van der Waals surface area contributed by atoms with Crippen molar-refractivity contribution in [2.24, 2.45) is 5.16 Å². The maximum Gasteiger partial charge on any atom is 0.352 e. The van der Waals surface area contributed by atoms with E-state index in [0.717, 1.165) is 4.90 Å². The molecule has 0 radical (unpaired) electrons. The van der Waals surface area contributed by atoms with Crippen LogP contribution in [0.25, 0.3) is 0 Å². The molecule has 15 heteroatoms. The van der Waals surface area contributed by atoms with E-state index in [4.69, 9.17) is 14.0 Å². The van der Waals surface area contributed by atoms with Crippen molar-refractivity contribution in [2.75, 3.05) is 26.1 Å². The number of carboxylic acids is 1. The fourth-order valence-electron chi connectivity index (χ4n) is 3.10. The number of esters is 1. The van der Waals surface area contributed by atoms with E-state index >= 15 is 0 Å². The first-order chi connectivity index (χ1) is 16.2. The molecule has 0 bridgehead atoms. The number of hydroxylamine groups is 1. The van der Waals surface area contributed by atoms with Crippen LogP contribution in [0.1, 0.15) is 12.7 Å². The zero-order valence-corrected chi connectivity index (χ0v) is 18.7. The number of carbonyl (C=O) groups excluding carboxylic acids is 4. The van der Waals surface area contributed by atoms with E-state index < -0.39 is 47.7 Å². The minimum atomic E-state index is -1.36. The number of fused-ring (bicyclic) bond motifs is 1. The van der Waals surface area contributed by atoms with Crippen molar-refractivity contribution in [3.05, 3.63) is 35.4 Å². The Morgan fingerprint density at radius 3 is 2.74 bits per heavy atom. The number of nitrogens with one attached hydrogen (secondary N) is 2. The third-order valence-corrected chi connectivity index (χ3v) is 5.86. The molecule has 2 aliphatic rings. The van der Waals surface area contributed by atoms with Crippen LogP contribution in [0.2, 0.25) is 0 Å². The second-order valence-electron chi connectivity index (χ2n) is 6.82. The van der Waals surface area contributed by atoms with E-state index in [1.807, 2.05) is 5.48 Å². The maximum absolute atomic E-state index is 12.9. The lowest BCUT2D eigenvalue weighted by molar-refractivity contribution is -0.150. The monoisotopic (exact) mass is 496 g/mol. The van der Waals surface area contributed by atoms with Crippen LogP contribution in [0, 0.1) is 0 Å². The summed E-state index contributed by atoms with van der Waals surface area (Å²) in [5.41, 5.74) is 1.65. The van der Waals surface area contributed by atoms with Crippen LogP contribution in [0.15, 0.2) is 39.2 Å². The lowest BCUT2D eigenvalue weighted by Crippen LogP contribution is -2.71. The van der Waals surface area contributed by atoms with Gasteiger partial charge in [-0.05, 0) is 12.1 Å². The number of hydrogen-bond acceptors (Lipinski definition) is 11. The number of carbonyl (C=O) groups is 5. The fraction of sp³-hybridized carbons (Fsp3) is 0.368. The molecule has 3 amide bonds. The molecule has 0 saturated carbocycles. The zero-order valence-electron chi connectivity index (χ0n) is 17.9. The normalized spacial score (nSPS) is 19.6. The van der Waals surface area contributed by atoms with Crippen LogP contribution in [0.5, 0.6) is 0 Å². The van der Waals surface area contributed by atoms with Gasteiger partial charge < -0.3 is 24.4 Å². The van der Waals surface area contributed by atoms with Gasteiger partial charge in [0.1, 0.15) is 23.7 Å². The molecular formula is C19H20N4O10S. The van der Waals surface area contributed by atoms with Crippen molar-refractivity contribution in [3.8, 4) is 0 Å². The molecule has 1 aromatic rings. The summed E-state index contributed by atoms with van der Waals surface area (Å²) in [7, 11) is 1.23. The number of ether oxygens (including phenoxy) is 1. The van der Waals surface area contributed by atoms with E-state index in [0.29, 0.717) is 0 Å². The predicted octanol–water partition coefficient (Wildman–Crippen LogP) is -1.02. The van der Waals surface area contributed by atoms with Crippen molar-refractivity contribution >= 4 is 47.1 Å². The minimum Gasteiger partial charge on any atom is -0.477 e. The Labute approximate surface area is 196 Å². The smallest absolute Gasteiger partial charge is 0.352 e. The van der Waals surface area contributed by atoms with Crippen LogP contribution < -0.4 is 10.8 Å². The van der Waals surface area contributed by atoms with Gasteiger partial charge in [0.15, 0.2) is 12.4 Å². The Bertz CT molecular complexity index is 1050. The van der Waals surface area contributed by atoms with Gasteiger partial charge in [0.05, 0.1) is 13.4 Å². The summed E-state index contributed by atoms with van der Waals surface area (Å²) >= 11 is 1.20. The summed E-state index contributed by atoms with van der Waals surface area (Å²) in [5, 5.41) is 15.0. The van der Waals surface area contributed by atoms with Gasteiger partial charge in [-0.2, -0.15) is 0 Å². The number of furan rings is 1. The van der Waals surface area contributed by atoms with E-state index in [1.165, 1.54) is 44.2 Å². The van der Waals surface area contributed by atoms with E-state index in [2.05, 4.69) is 15.3 Å². The van der Waals surface area contributed by atoms with Crippen LogP contribution >= 0.6 is 11.8 Å². The molecule has 182 valence electrons. The average Bonchev–Trinajstić information content (AvgIpc) is 3.32. The summed E-state index contributed by atoms with van der Waals surface area (Å²) < 4.78 is 10.1. The molecule has 3 heterocycles. The molecule has 1 aromatic heterocycles. The molecule has 0 unspecified atom stereocenters. The van der Waals surface area contributed by atoms with E-state index in [1.54, 1.807) is 0 Å². The number of aliphatic carboxylic acids is 1. The molecule has 1 fully saturated rings. The highest BCUT2D eigenvalue weighted by Gasteiger charge is 2.54. The largest absolute Gasteiger partial charge is 0.477 e. The summed E-state index contributed by atoms with van der Waals surface area (Å²) in [4.78, 5) is 70.2. The first-order valence-corrected chi connectivity index (χ1v) is 10.7. The quantitative estimate of drug-likeness (QED) is 0.156. The van der Waals surface area contributed by atoms with Gasteiger partial charge in [0.25, 0.3) is 17.7 Å². The number of hydrogen-bond donors (Lipinski definition) is 3. The standard InChI is InChI=1S/C19H20N4O10S/c1-9(24)32-6-10-8-34-18-14(17(27)23(18)15(10)19(28)29)20-16(26)13(11-4-3-5-31-11)22-33-7-12(25)21-30-2/h3-5,14,18H,6-8H2,1-2H3,(H,20,26)(H,21,25)(H,28,29)/b22-13-/t14-,18-/m1/s1. The molecule has 2 aliphatic heterocycles. The first kappa shape index (κ1) is 24.8. The van der Waals surface area contributed by atoms with Crippen LogP contribution in [-0.4, -0.2) is 82.9 Å². The van der Waals surface area contributed by atoms with Gasteiger partial charge in [-0.25, -0.2) is 10.3 Å². The number of carboxylic acid groups (broad SMARTS) is 1. The number of rotatable bonds is 10. The van der Waals surface area contributed by atoms with Gasteiger partial charge in [-0.1, -0.05) is 5.16 Å². The summed E-state index contributed by atoms with van der Waals surface area (Å²) in [5.74, 6) is -3.92. The Balaban J connectivity index is 1.73. The van der Waals surface area contributed by atoms with Gasteiger partial charge >= 0.3 is 11.9 Å². The summed E-state index contributed by atoms with van der Waals surface area (Å²) in [6.07, 6.45) is 1.29. The second-order valence-corrected chi connectivity index (χ2v) is 7.92. The molecule has 0 aromatic carbocycles. The number of β-lactam (4-membered cyclic amide) rings is 1. The molecule has 2 atom stereocenters. The number of nitrogens with zero attached hydrogens (tertiary/aromatic N) is 2. The molecule has 3 rings (SSSR count). The van der Waals surface area contributed by atoms with Crippen molar-refractivity contribution < 1.29 is 47.9 Å². The lowest BCUT2D eigenvalue weighted by Gasteiger charge is -2.49. The van der Waals surface area contributed by atoms with Crippen LogP contribution in [0.4, 0.5) is 0 Å². The summed E-state index contributed by atoms with van der Waals surface area (Å²) in [6.45, 7) is 0.366. The van der Waals surface area contributed by atoms with Crippen molar-refractivity contribution in [1.82, 2.24) is 15.7 Å². The third-order valence-electron chi connectivity index (χ3n) is 4.52. The number of thioether (sulfide) groups is 1. The second kappa shape index (κ2) is 10.8. The van der Waals surface area contributed by atoms with Gasteiger partial charge in [0, 0.05) is 18.2 Å². The maximum atomic E-state index is 12.9. The zero-order chi connectivity index (χ0) is 24.8. The topological polar surface area (TPSA) is 186 Å². The lowest BCUT2D eigenvalue weighted by atomic mass is 10.0. The molecule has 14 nitrogen and oxygen atoms in total. The Morgan fingerprint density at radius 2 is 2.12 bits per heavy atom. The van der Waals surface area contributed by atoms with E-state index in [-0.39, 0.29) is 35.1 Å². The fourth-order valence-corrected chi connectivity index (χ4v) is 4.43. The SMILES string of the molecule is CONC(=O)CO/N=C(\C(=O)N[C@@H]1C(=O)N2C(C(=O)O)=C(COC(C)=O)CS[C@H]12)c1ccco1. The number of amides is 3. The molecule has 0 aliphatic carbocycles. The van der Waals surface area contributed by atoms with Gasteiger partial charge in [0.2, 0.25) is 5.71 Å². The Morgan fingerprint density at radius 1 is 1.35 bits per heavy atom. The van der Waals surface area contributed by atoms with Crippen molar-refractivity contribution in [1.29, 1.82) is 0 Å². The average molecular weight is 496 g/mol. The highest BCUT2D eigenvalue weighted by Crippen LogP contribution is 2.40. The summed E-state index contributed by atoms with van der Waals surface area (Å²) in [6, 6.07) is 1.87. The van der Waals surface area contributed by atoms with Gasteiger partial charge in [-0.15, -0.1) is 11.8 Å². The third kappa shape index (κ3) is 5.37. The van der Waals surface area contributed by atoms with E-state index in [9.17, 15) is 29.1 Å². The molecule has 34 heavy (non-hydrogen) atoms. The molecular weight excluding hydrogens is 476 g/mol. The van der Waals surface area contributed by atoms with Crippen molar-refractivity contribution in [2.45, 2.75) is 18.3 Å². The molecule has 3 N–H and O–H groups in total. The number of oxime groups is 1. The van der Waals surface area contributed by atoms with Crippen LogP contribution in [-0.2, 0) is 38.4 Å². The minimum absolute atomic E-state index is 0.0133. The highest BCUT2D eigenvalue weighted by molar-refractivity contribution is 8.00. The molecule has 0 spiro atoms. The first-order valence-electron chi connectivity index (χ1n) is 9.64. The molecule has 1 saturated heterocycles. The van der Waals surface area contributed by atoms with Crippen molar-refractivity contribution in [3.63, 3.8) is 0 Å². The van der Waals surface area contributed by atoms with Gasteiger partial charge in [-0.3, -0.25) is 28.9 Å². The Kier molecular flexibility index (Phi) is 7.91. The predicted molar refractivity (Wildman–Crippen MR) is 113 cm³/mol. The Hall–Kier alpha value is -3.85. The van der Waals surface area contributed by atoms with Crippen LogP contribution in [0.3, 0.4) is 0 Å².